The summed E-state index contributed by atoms with van der Waals surface area (Å²) in [6.45, 7) is -0.00395. The van der Waals surface area contributed by atoms with Crippen LogP contribution >= 0.6 is 0 Å². The molecular weight excluding hydrogens is 228 g/mol. The van der Waals surface area contributed by atoms with Crippen LogP contribution in [0.5, 0.6) is 11.5 Å². The molecule has 0 saturated carbocycles. The lowest BCUT2D eigenvalue weighted by Gasteiger charge is -2.18. The number of hydrogen-bond acceptors (Lipinski definition) is 3. The number of fused-ring (bicyclic) bond motifs is 1. The van der Waals surface area contributed by atoms with Crippen molar-refractivity contribution in [3.8, 4) is 11.5 Å². The summed E-state index contributed by atoms with van der Waals surface area (Å²) in [6, 6.07) is 14.8. The fraction of sp³-hybridized carbons (Fsp3) is 0.200. The number of rotatable bonds is 2. The van der Waals surface area contributed by atoms with E-state index < -0.39 is 0 Å². The molecule has 0 unspecified atom stereocenters. The molecule has 0 radical (unpaired) electrons. The Morgan fingerprint density at radius 3 is 2.33 bits per heavy atom. The van der Waals surface area contributed by atoms with Crippen LogP contribution in [0, 0.1) is 0 Å². The molecule has 2 N–H and O–H groups in total. The topological polar surface area (TPSA) is 49.7 Å². The largest absolute Gasteiger partial charge is 0.508 e. The summed E-state index contributed by atoms with van der Waals surface area (Å²) in [5, 5.41) is 19.5. The van der Waals surface area contributed by atoms with Crippen LogP contribution in [-0.4, -0.2) is 16.8 Å². The van der Waals surface area contributed by atoms with Crippen LogP contribution in [0.25, 0.3) is 0 Å². The Morgan fingerprint density at radius 2 is 1.61 bits per heavy atom. The van der Waals surface area contributed by atoms with Gasteiger partial charge in [-0.05, 0) is 12.1 Å². The molecule has 0 aromatic heterocycles. The number of hydrogen-bond donors (Lipinski definition) is 2. The van der Waals surface area contributed by atoms with Crippen molar-refractivity contribution in [3.63, 3.8) is 0 Å². The molecule has 0 aliphatic carbocycles. The summed E-state index contributed by atoms with van der Waals surface area (Å²) in [7, 11) is 0. The minimum Gasteiger partial charge on any atom is -0.508 e. The summed E-state index contributed by atoms with van der Waals surface area (Å²) in [6.07, 6.45) is -0.325. The molecular formula is C15H14O3. The second-order valence-electron chi connectivity index (χ2n) is 4.42. The quantitative estimate of drug-likeness (QED) is 0.851. The monoisotopic (exact) mass is 242 g/mol. The Balaban J connectivity index is 2.04. The van der Waals surface area contributed by atoms with E-state index >= 15 is 0 Å². The summed E-state index contributed by atoms with van der Waals surface area (Å²) in [5.41, 5.74) is 1.71. The third-order valence-electron chi connectivity index (χ3n) is 3.38. The maximum Gasteiger partial charge on any atom is 0.136 e. The van der Waals surface area contributed by atoms with Crippen LogP contribution in [-0.2, 0) is 0 Å². The molecule has 0 saturated heterocycles. The first-order valence-electron chi connectivity index (χ1n) is 5.95. The highest BCUT2D eigenvalue weighted by molar-refractivity contribution is 5.46. The Labute approximate surface area is 105 Å². The van der Waals surface area contributed by atoms with Gasteiger partial charge in [-0.2, -0.15) is 0 Å². The molecule has 1 heterocycles. The van der Waals surface area contributed by atoms with Crippen LogP contribution in [0.1, 0.15) is 23.1 Å². The highest BCUT2D eigenvalue weighted by atomic mass is 16.5. The Morgan fingerprint density at radius 1 is 0.944 bits per heavy atom. The van der Waals surface area contributed by atoms with Crippen molar-refractivity contribution in [2.45, 2.75) is 12.0 Å². The molecule has 0 spiro atoms. The smallest absolute Gasteiger partial charge is 0.136 e. The predicted molar refractivity (Wildman–Crippen MR) is 67.7 cm³/mol. The number of aliphatic hydroxyl groups excluding tert-OH is 1. The van der Waals surface area contributed by atoms with Crippen molar-refractivity contribution in [2.75, 3.05) is 6.61 Å². The van der Waals surface area contributed by atoms with Gasteiger partial charge in [0.1, 0.15) is 17.6 Å². The molecule has 2 aromatic carbocycles. The summed E-state index contributed by atoms with van der Waals surface area (Å²) >= 11 is 0. The van der Waals surface area contributed by atoms with Gasteiger partial charge in [0.25, 0.3) is 0 Å². The lowest BCUT2D eigenvalue weighted by Crippen LogP contribution is -2.13. The first kappa shape index (κ1) is 11.1. The standard InChI is InChI=1S/C15H14O3/c16-9-12-10-5-2-4-8-14(10)18-15(12)11-6-1-3-7-13(11)17/h1-8,12,15-17H,9H2/t12-,15+/m0/s1. The number of phenolic OH excluding ortho intramolecular Hbond substituents is 1. The lowest BCUT2D eigenvalue weighted by molar-refractivity contribution is 0.157. The molecule has 2 atom stereocenters. The third-order valence-corrected chi connectivity index (χ3v) is 3.38. The van der Waals surface area contributed by atoms with Gasteiger partial charge in [-0.25, -0.2) is 0 Å². The van der Waals surface area contributed by atoms with Crippen LogP contribution in [0.15, 0.2) is 48.5 Å². The number of benzene rings is 2. The highest BCUT2D eigenvalue weighted by Gasteiger charge is 2.35. The zero-order valence-corrected chi connectivity index (χ0v) is 9.78. The van der Waals surface area contributed by atoms with Gasteiger partial charge >= 0.3 is 0 Å². The zero-order valence-electron chi connectivity index (χ0n) is 9.78. The minimum absolute atomic E-state index is 0.00395. The predicted octanol–water partition coefficient (Wildman–Crippen LogP) is 2.60. The van der Waals surface area contributed by atoms with Gasteiger partial charge in [-0.15, -0.1) is 0 Å². The van der Waals surface area contributed by atoms with Crippen molar-refractivity contribution in [1.82, 2.24) is 0 Å². The first-order chi connectivity index (χ1) is 8.81. The second-order valence-corrected chi connectivity index (χ2v) is 4.42. The van der Waals surface area contributed by atoms with E-state index in [-0.39, 0.29) is 24.4 Å². The van der Waals surface area contributed by atoms with Gasteiger partial charge in [0.05, 0.1) is 12.5 Å². The van der Waals surface area contributed by atoms with Crippen molar-refractivity contribution in [2.24, 2.45) is 0 Å². The normalized spacial score (nSPS) is 21.4. The van der Waals surface area contributed by atoms with Gasteiger partial charge in [-0.3, -0.25) is 0 Å². The number of phenols is 1. The SMILES string of the molecule is OC[C@H]1c2ccccc2O[C@@H]1c1ccccc1O. The second kappa shape index (κ2) is 4.35. The summed E-state index contributed by atoms with van der Waals surface area (Å²) in [5.74, 6) is 0.855. The van der Waals surface area contributed by atoms with Gasteiger partial charge in [-0.1, -0.05) is 36.4 Å². The number of ether oxygens (including phenoxy) is 1. The lowest BCUT2D eigenvalue weighted by atomic mass is 9.91. The third kappa shape index (κ3) is 1.64. The summed E-state index contributed by atoms with van der Waals surface area (Å²) < 4.78 is 5.86. The van der Waals surface area contributed by atoms with Crippen molar-refractivity contribution in [1.29, 1.82) is 0 Å². The van der Waals surface area contributed by atoms with E-state index in [9.17, 15) is 10.2 Å². The Bertz CT molecular complexity index is 565. The number of aliphatic hydroxyl groups is 1. The zero-order chi connectivity index (χ0) is 12.5. The molecule has 3 nitrogen and oxygen atoms in total. The van der Waals surface area contributed by atoms with Crippen molar-refractivity contribution >= 4 is 0 Å². The minimum atomic E-state index is -0.325. The molecule has 0 amide bonds. The number of aromatic hydroxyl groups is 1. The van der Waals surface area contributed by atoms with Gasteiger partial charge < -0.3 is 14.9 Å². The first-order valence-corrected chi connectivity index (χ1v) is 5.95. The number of para-hydroxylation sites is 2. The van der Waals surface area contributed by atoms with Crippen LogP contribution in [0.4, 0.5) is 0 Å². The summed E-state index contributed by atoms with van der Waals surface area (Å²) in [4.78, 5) is 0. The van der Waals surface area contributed by atoms with Crippen LogP contribution < -0.4 is 4.74 Å². The van der Waals surface area contributed by atoms with Gasteiger partial charge in [0.15, 0.2) is 0 Å². The fourth-order valence-corrected chi connectivity index (χ4v) is 2.48. The maximum atomic E-state index is 9.90. The van der Waals surface area contributed by atoms with Gasteiger partial charge in [0, 0.05) is 11.1 Å². The Hall–Kier alpha value is -2.00. The van der Waals surface area contributed by atoms with Crippen LogP contribution in [0.3, 0.4) is 0 Å². The van der Waals surface area contributed by atoms with E-state index in [4.69, 9.17) is 4.74 Å². The van der Waals surface area contributed by atoms with E-state index in [2.05, 4.69) is 0 Å². The van der Waals surface area contributed by atoms with Crippen molar-refractivity contribution < 1.29 is 14.9 Å². The molecule has 0 fully saturated rings. The molecule has 92 valence electrons. The molecule has 18 heavy (non-hydrogen) atoms. The van der Waals surface area contributed by atoms with Crippen molar-refractivity contribution in [3.05, 3.63) is 59.7 Å². The molecule has 3 heteroatoms. The highest BCUT2D eigenvalue weighted by Crippen LogP contribution is 2.47. The van der Waals surface area contributed by atoms with E-state index in [1.54, 1.807) is 12.1 Å². The molecule has 1 aliphatic heterocycles. The van der Waals surface area contributed by atoms with Gasteiger partial charge in [0.2, 0.25) is 0 Å². The van der Waals surface area contributed by atoms with E-state index in [1.165, 1.54) is 0 Å². The molecule has 0 bridgehead atoms. The maximum absolute atomic E-state index is 9.90. The Kier molecular flexibility index (Phi) is 2.68. The molecule has 2 aromatic rings. The average molecular weight is 242 g/mol. The van der Waals surface area contributed by atoms with E-state index in [1.807, 2.05) is 36.4 Å². The van der Waals surface area contributed by atoms with Crippen LogP contribution in [0.2, 0.25) is 0 Å². The average Bonchev–Trinajstić information content (AvgIpc) is 2.77. The molecule has 3 rings (SSSR count). The molecule has 1 aliphatic rings. The van der Waals surface area contributed by atoms with E-state index in [0.717, 1.165) is 11.3 Å². The van der Waals surface area contributed by atoms with E-state index in [0.29, 0.717) is 5.56 Å². The fourth-order valence-electron chi connectivity index (χ4n) is 2.48.